The van der Waals surface area contributed by atoms with E-state index >= 15 is 0 Å². The van der Waals surface area contributed by atoms with Gasteiger partial charge in [0.15, 0.2) is 4.34 Å². The number of aryl methyl sites for hydroxylation is 1. The van der Waals surface area contributed by atoms with Gasteiger partial charge in [0.25, 0.3) is 0 Å². The second-order valence-electron chi connectivity index (χ2n) is 5.07. The van der Waals surface area contributed by atoms with Crippen LogP contribution in [0.2, 0.25) is 0 Å². The number of nitrogens with zero attached hydrogens (tertiary/aromatic N) is 1. The highest BCUT2D eigenvalue weighted by molar-refractivity contribution is 8.01. The number of hydrogen-bond acceptors (Lipinski definition) is 4. The second-order valence-corrected chi connectivity index (χ2v) is 7.15. The minimum Gasteiger partial charge on any atom is -0.325 e. The molecule has 1 heterocycles. The summed E-state index contributed by atoms with van der Waals surface area (Å²) in [5.41, 5.74) is 4.01. The lowest BCUT2D eigenvalue weighted by Crippen LogP contribution is -2.13. The quantitative estimate of drug-likeness (QED) is 0.675. The van der Waals surface area contributed by atoms with Crippen LogP contribution < -0.4 is 5.32 Å². The van der Waals surface area contributed by atoms with Crippen molar-refractivity contribution in [1.82, 2.24) is 4.98 Å². The number of benzene rings is 2. The van der Waals surface area contributed by atoms with Crippen molar-refractivity contribution in [3.63, 3.8) is 0 Å². The molecule has 0 atom stereocenters. The molecule has 3 aromatic rings. The fourth-order valence-corrected chi connectivity index (χ4v) is 3.75. The molecule has 0 bridgehead atoms. The molecule has 3 nitrogen and oxygen atoms in total. The van der Waals surface area contributed by atoms with Gasteiger partial charge in [-0.1, -0.05) is 54.2 Å². The highest BCUT2D eigenvalue weighted by Gasteiger charge is 2.08. The van der Waals surface area contributed by atoms with Gasteiger partial charge in [0.1, 0.15) is 0 Å². The zero-order valence-corrected chi connectivity index (χ0v) is 14.3. The van der Waals surface area contributed by atoms with Crippen molar-refractivity contribution in [2.45, 2.75) is 11.3 Å². The Bertz CT molecular complexity index is 800. The third-order valence-corrected chi connectivity index (χ3v) is 5.20. The molecule has 1 aromatic heterocycles. The Kier molecular flexibility index (Phi) is 5.10. The van der Waals surface area contributed by atoms with Gasteiger partial charge in [-0.15, -0.1) is 11.3 Å². The van der Waals surface area contributed by atoms with Gasteiger partial charge in [-0.05, 0) is 24.6 Å². The molecule has 0 unspecified atom stereocenters. The van der Waals surface area contributed by atoms with Crippen molar-refractivity contribution in [2.75, 3.05) is 11.1 Å². The van der Waals surface area contributed by atoms with Crippen LogP contribution in [0.25, 0.3) is 11.3 Å². The summed E-state index contributed by atoms with van der Waals surface area (Å²) in [7, 11) is 0. The normalized spacial score (nSPS) is 10.5. The average molecular weight is 340 g/mol. The van der Waals surface area contributed by atoms with Crippen LogP contribution in [0.5, 0.6) is 0 Å². The van der Waals surface area contributed by atoms with Gasteiger partial charge in [0.2, 0.25) is 5.91 Å². The summed E-state index contributed by atoms with van der Waals surface area (Å²) in [5, 5.41) is 4.93. The van der Waals surface area contributed by atoms with Gasteiger partial charge < -0.3 is 5.32 Å². The molecule has 1 N–H and O–H groups in total. The summed E-state index contributed by atoms with van der Waals surface area (Å²) in [6.45, 7) is 2.01. The third kappa shape index (κ3) is 4.43. The number of thiazole rings is 1. The van der Waals surface area contributed by atoms with Crippen molar-refractivity contribution in [3.8, 4) is 11.3 Å². The maximum absolute atomic E-state index is 12.0. The summed E-state index contributed by atoms with van der Waals surface area (Å²) < 4.78 is 0.906. The Morgan fingerprint density at radius 2 is 2.00 bits per heavy atom. The molecule has 0 fully saturated rings. The van der Waals surface area contributed by atoms with Gasteiger partial charge in [-0.3, -0.25) is 4.79 Å². The van der Waals surface area contributed by atoms with E-state index < -0.39 is 0 Å². The maximum Gasteiger partial charge on any atom is 0.234 e. The molecule has 0 aliphatic carbocycles. The molecule has 116 valence electrons. The topological polar surface area (TPSA) is 42.0 Å². The predicted molar refractivity (Wildman–Crippen MR) is 98.1 cm³/mol. The second kappa shape index (κ2) is 7.44. The van der Waals surface area contributed by atoms with Crippen LogP contribution in [0, 0.1) is 6.92 Å². The number of carbonyl (C=O) groups is 1. The lowest BCUT2D eigenvalue weighted by Gasteiger charge is -2.04. The molecule has 0 radical (unpaired) electrons. The van der Waals surface area contributed by atoms with E-state index in [1.54, 1.807) is 11.3 Å². The predicted octanol–water partition coefficient (Wildman–Crippen LogP) is 4.85. The van der Waals surface area contributed by atoms with Crippen LogP contribution in [0.1, 0.15) is 5.56 Å². The molecule has 0 saturated heterocycles. The SMILES string of the molecule is Cc1cccc(NC(=O)CSc2nc(-c3ccccc3)cs2)c1. The van der Waals surface area contributed by atoms with Crippen molar-refractivity contribution in [3.05, 3.63) is 65.5 Å². The average Bonchev–Trinajstić information content (AvgIpc) is 3.03. The van der Waals surface area contributed by atoms with Gasteiger partial charge in [-0.2, -0.15) is 0 Å². The Morgan fingerprint density at radius 1 is 1.17 bits per heavy atom. The highest BCUT2D eigenvalue weighted by atomic mass is 32.2. The smallest absolute Gasteiger partial charge is 0.234 e. The van der Waals surface area contributed by atoms with Crippen molar-refractivity contribution in [1.29, 1.82) is 0 Å². The Morgan fingerprint density at radius 3 is 2.78 bits per heavy atom. The van der Waals surface area contributed by atoms with Crippen LogP contribution in [0.3, 0.4) is 0 Å². The summed E-state index contributed by atoms with van der Waals surface area (Å²) in [5.74, 6) is 0.340. The van der Waals surface area contributed by atoms with Crippen LogP contribution in [0.15, 0.2) is 64.3 Å². The molecule has 1 amide bonds. The standard InChI is InChI=1S/C18H16N2OS2/c1-13-6-5-9-15(10-13)19-17(21)12-23-18-20-16(11-22-18)14-7-3-2-4-8-14/h2-11H,12H2,1H3,(H,19,21). The Balaban J connectivity index is 1.56. The summed E-state index contributed by atoms with van der Waals surface area (Å²) >= 11 is 3.03. The zero-order valence-electron chi connectivity index (χ0n) is 12.7. The molecule has 0 saturated carbocycles. The van der Waals surface area contributed by atoms with E-state index in [9.17, 15) is 4.79 Å². The lowest BCUT2D eigenvalue weighted by molar-refractivity contribution is -0.113. The molecule has 0 aliphatic heterocycles. The van der Waals surface area contributed by atoms with Crippen LogP contribution in [0.4, 0.5) is 5.69 Å². The zero-order chi connectivity index (χ0) is 16.1. The molecule has 5 heteroatoms. The first kappa shape index (κ1) is 15.8. The number of hydrogen-bond donors (Lipinski definition) is 1. The number of carbonyl (C=O) groups excluding carboxylic acids is 1. The number of nitrogens with one attached hydrogen (secondary N) is 1. The lowest BCUT2D eigenvalue weighted by atomic mass is 10.2. The van der Waals surface area contributed by atoms with Crippen LogP contribution >= 0.6 is 23.1 Å². The molecule has 3 rings (SSSR count). The van der Waals surface area contributed by atoms with E-state index in [4.69, 9.17) is 0 Å². The van der Waals surface area contributed by atoms with E-state index in [0.29, 0.717) is 5.75 Å². The number of aromatic nitrogens is 1. The molecular formula is C18H16N2OS2. The first-order valence-corrected chi connectivity index (χ1v) is 9.07. The fourth-order valence-electron chi connectivity index (χ4n) is 2.11. The molecule has 2 aromatic carbocycles. The minimum absolute atomic E-state index is 0.0166. The minimum atomic E-state index is -0.0166. The van der Waals surface area contributed by atoms with Gasteiger partial charge >= 0.3 is 0 Å². The van der Waals surface area contributed by atoms with E-state index in [1.807, 2.05) is 66.9 Å². The number of amides is 1. The Labute approximate surface area is 143 Å². The monoisotopic (exact) mass is 340 g/mol. The van der Waals surface area contributed by atoms with E-state index in [0.717, 1.165) is 26.8 Å². The fraction of sp³-hybridized carbons (Fsp3) is 0.111. The summed E-state index contributed by atoms with van der Waals surface area (Å²) in [6.07, 6.45) is 0. The first-order valence-electron chi connectivity index (χ1n) is 7.21. The molecular weight excluding hydrogens is 324 g/mol. The van der Waals surface area contributed by atoms with Gasteiger partial charge in [-0.25, -0.2) is 4.98 Å². The van der Waals surface area contributed by atoms with Crippen molar-refractivity contribution >= 4 is 34.7 Å². The molecule has 0 aliphatic rings. The molecule has 23 heavy (non-hydrogen) atoms. The number of anilines is 1. The van der Waals surface area contributed by atoms with Crippen LogP contribution in [-0.2, 0) is 4.79 Å². The number of rotatable bonds is 5. The third-order valence-electron chi connectivity index (χ3n) is 3.18. The van der Waals surface area contributed by atoms with Crippen molar-refractivity contribution < 1.29 is 4.79 Å². The van der Waals surface area contributed by atoms with Gasteiger partial charge in [0, 0.05) is 16.6 Å². The van der Waals surface area contributed by atoms with Crippen LogP contribution in [-0.4, -0.2) is 16.6 Å². The summed E-state index contributed by atoms with van der Waals surface area (Å²) in [4.78, 5) is 16.6. The summed E-state index contributed by atoms with van der Waals surface area (Å²) in [6, 6.07) is 17.8. The van der Waals surface area contributed by atoms with E-state index in [1.165, 1.54) is 11.8 Å². The maximum atomic E-state index is 12.0. The Hall–Kier alpha value is -2.11. The van der Waals surface area contributed by atoms with E-state index in [-0.39, 0.29) is 5.91 Å². The molecule has 0 spiro atoms. The largest absolute Gasteiger partial charge is 0.325 e. The van der Waals surface area contributed by atoms with Crippen molar-refractivity contribution in [2.24, 2.45) is 0 Å². The highest BCUT2D eigenvalue weighted by Crippen LogP contribution is 2.28. The first-order chi connectivity index (χ1) is 11.2. The van der Waals surface area contributed by atoms with Gasteiger partial charge in [0.05, 0.1) is 11.4 Å². The van der Waals surface area contributed by atoms with E-state index in [2.05, 4.69) is 10.3 Å². The number of thioether (sulfide) groups is 1.